The summed E-state index contributed by atoms with van der Waals surface area (Å²) in [5, 5.41) is 5.99. The first-order valence-corrected chi connectivity index (χ1v) is 12.7. The van der Waals surface area contributed by atoms with Crippen LogP contribution in [0.25, 0.3) is 0 Å². The van der Waals surface area contributed by atoms with Crippen LogP contribution in [0, 0.1) is 0 Å². The maximum absolute atomic E-state index is 13.2. The van der Waals surface area contributed by atoms with E-state index in [1.807, 2.05) is 24.3 Å². The molecule has 1 fully saturated rings. The summed E-state index contributed by atoms with van der Waals surface area (Å²) in [4.78, 5) is 42.1. The second-order valence-corrected chi connectivity index (χ2v) is 9.53. The third kappa shape index (κ3) is 7.39. The zero-order chi connectivity index (χ0) is 24.5. The van der Waals surface area contributed by atoms with Gasteiger partial charge >= 0.3 is 0 Å². The topological polar surface area (TPSA) is 81.8 Å². The molecule has 35 heavy (non-hydrogen) atoms. The Morgan fingerprint density at radius 1 is 0.800 bits per heavy atom. The highest BCUT2D eigenvalue weighted by Crippen LogP contribution is 2.24. The fraction of sp³-hybridized carbons (Fsp3) is 0.464. The lowest BCUT2D eigenvalue weighted by Gasteiger charge is -2.31. The number of hydrogen-bond acceptors (Lipinski definition) is 4. The Bertz CT molecular complexity index is 1010. The number of amides is 3. The van der Waals surface area contributed by atoms with E-state index in [1.54, 1.807) is 4.90 Å². The van der Waals surface area contributed by atoms with Crippen LogP contribution in [0.1, 0.15) is 48.3 Å². The number of nitrogens with zero attached hydrogens (tertiary/aromatic N) is 2. The average Bonchev–Trinajstić information content (AvgIpc) is 2.87. The molecule has 2 heterocycles. The predicted molar refractivity (Wildman–Crippen MR) is 136 cm³/mol. The maximum Gasteiger partial charge on any atom is 0.239 e. The van der Waals surface area contributed by atoms with Crippen molar-refractivity contribution in [3.8, 4) is 0 Å². The summed E-state index contributed by atoms with van der Waals surface area (Å²) >= 11 is 0. The second-order valence-electron chi connectivity index (χ2n) is 9.53. The zero-order valence-corrected chi connectivity index (χ0v) is 20.4. The van der Waals surface area contributed by atoms with Gasteiger partial charge in [0.25, 0.3) is 0 Å². The number of nitrogens with one attached hydrogen (secondary N) is 2. The van der Waals surface area contributed by atoms with Crippen molar-refractivity contribution in [1.29, 1.82) is 0 Å². The molecule has 0 spiro atoms. The highest BCUT2D eigenvalue weighted by Gasteiger charge is 2.23. The summed E-state index contributed by atoms with van der Waals surface area (Å²) in [6, 6.07) is 18.5. The van der Waals surface area contributed by atoms with Crippen molar-refractivity contribution >= 4 is 17.7 Å². The van der Waals surface area contributed by atoms with Crippen LogP contribution in [0.2, 0.25) is 0 Å². The van der Waals surface area contributed by atoms with E-state index in [9.17, 15) is 14.4 Å². The van der Waals surface area contributed by atoms with Gasteiger partial charge in [-0.05, 0) is 48.3 Å². The van der Waals surface area contributed by atoms with Crippen LogP contribution < -0.4 is 10.6 Å². The van der Waals surface area contributed by atoms with Gasteiger partial charge < -0.3 is 15.5 Å². The summed E-state index contributed by atoms with van der Waals surface area (Å²) in [5.41, 5.74) is 3.79. The second kappa shape index (κ2) is 12.5. The molecule has 1 unspecified atom stereocenters. The Balaban J connectivity index is 1.36. The molecule has 1 saturated heterocycles. The quantitative estimate of drug-likeness (QED) is 0.713. The lowest BCUT2D eigenvalue weighted by Crippen LogP contribution is -2.47. The molecular weight excluding hydrogens is 440 g/mol. The molecule has 2 aromatic carbocycles. The van der Waals surface area contributed by atoms with E-state index in [4.69, 9.17) is 0 Å². The molecular formula is C28H36N4O3. The van der Waals surface area contributed by atoms with Crippen LogP contribution in [-0.2, 0) is 27.3 Å². The highest BCUT2D eigenvalue weighted by atomic mass is 16.2. The number of rotatable bonds is 3. The van der Waals surface area contributed by atoms with Crippen LogP contribution in [0.3, 0.4) is 0 Å². The van der Waals surface area contributed by atoms with Crippen LogP contribution in [0.4, 0.5) is 0 Å². The van der Waals surface area contributed by atoms with Gasteiger partial charge in [-0.3, -0.25) is 19.3 Å². The van der Waals surface area contributed by atoms with E-state index in [2.05, 4.69) is 45.9 Å². The Kier molecular flexibility index (Phi) is 8.90. The number of carbonyl (C=O) groups excluding carboxylic acids is 3. The molecule has 7 nitrogen and oxygen atoms in total. The third-order valence-corrected chi connectivity index (χ3v) is 6.99. The van der Waals surface area contributed by atoms with E-state index in [0.717, 1.165) is 32.4 Å². The largest absolute Gasteiger partial charge is 0.356 e. The van der Waals surface area contributed by atoms with Gasteiger partial charge in [0.1, 0.15) is 0 Å². The minimum atomic E-state index is -0.129. The van der Waals surface area contributed by atoms with Crippen molar-refractivity contribution in [3.63, 3.8) is 0 Å². The SMILES string of the molecule is O=C1CCC(c2ccccc2)CCNC(=O)CN(C(=O)CN2CCc3ccccc3C2)CCCN1. The van der Waals surface area contributed by atoms with Gasteiger partial charge in [-0.1, -0.05) is 54.6 Å². The van der Waals surface area contributed by atoms with Gasteiger partial charge in [-0.2, -0.15) is 0 Å². The van der Waals surface area contributed by atoms with Gasteiger partial charge in [0.05, 0.1) is 13.1 Å². The van der Waals surface area contributed by atoms with Crippen LogP contribution in [0.15, 0.2) is 54.6 Å². The summed E-state index contributed by atoms with van der Waals surface area (Å²) in [6.07, 6.45) is 3.50. The first-order valence-electron chi connectivity index (χ1n) is 12.7. The minimum Gasteiger partial charge on any atom is -0.356 e. The molecule has 4 rings (SSSR count). The molecule has 2 aliphatic rings. The summed E-state index contributed by atoms with van der Waals surface area (Å²) in [5.74, 6) is 0.0668. The average molecular weight is 477 g/mol. The molecule has 2 aliphatic heterocycles. The van der Waals surface area contributed by atoms with Crippen molar-refractivity contribution < 1.29 is 14.4 Å². The van der Waals surface area contributed by atoms with Gasteiger partial charge in [0.15, 0.2) is 0 Å². The standard InChI is InChI=1S/C28H36N4O3/c33-26-12-11-24(22-7-2-1-3-8-22)13-16-30-27(34)20-32(17-6-15-29-26)28(35)21-31-18-14-23-9-4-5-10-25(23)19-31/h1-5,7-10,24H,6,11-21H2,(H,29,33)(H,30,34). The van der Waals surface area contributed by atoms with Crippen molar-refractivity contribution in [3.05, 3.63) is 71.3 Å². The Hall–Kier alpha value is -3.19. The summed E-state index contributed by atoms with van der Waals surface area (Å²) in [6.45, 7) is 3.39. The number of carbonyl (C=O) groups is 3. The molecule has 1 atom stereocenters. The fourth-order valence-corrected chi connectivity index (χ4v) is 4.98. The third-order valence-electron chi connectivity index (χ3n) is 6.99. The lowest BCUT2D eigenvalue weighted by atomic mass is 9.91. The van der Waals surface area contributed by atoms with Gasteiger partial charge in [0, 0.05) is 39.1 Å². The van der Waals surface area contributed by atoms with Crippen LogP contribution in [0.5, 0.6) is 0 Å². The molecule has 2 N–H and O–H groups in total. The summed E-state index contributed by atoms with van der Waals surface area (Å²) in [7, 11) is 0. The number of fused-ring (bicyclic) bond motifs is 1. The number of benzene rings is 2. The van der Waals surface area contributed by atoms with Crippen molar-refractivity contribution in [2.75, 3.05) is 39.3 Å². The predicted octanol–water partition coefficient (Wildman–Crippen LogP) is 2.46. The van der Waals surface area contributed by atoms with E-state index in [0.29, 0.717) is 39.0 Å². The maximum atomic E-state index is 13.2. The monoisotopic (exact) mass is 476 g/mol. The molecule has 0 bridgehead atoms. The molecule has 0 saturated carbocycles. The molecule has 0 aromatic heterocycles. The van der Waals surface area contributed by atoms with E-state index in [-0.39, 0.29) is 30.2 Å². The fourth-order valence-electron chi connectivity index (χ4n) is 4.98. The molecule has 0 aliphatic carbocycles. The highest BCUT2D eigenvalue weighted by molar-refractivity contribution is 5.85. The molecule has 186 valence electrons. The van der Waals surface area contributed by atoms with Gasteiger partial charge in [-0.25, -0.2) is 0 Å². The Morgan fingerprint density at radius 2 is 1.54 bits per heavy atom. The molecule has 7 heteroatoms. The normalized spacial score (nSPS) is 20.8. The number of hydrogen-bond donors (Lipinski definition) is 2. The van der Waals surface area contributed by atoms with E-state index < -0.39 is 0 Å². The smallest absolute Gasteiger partial charge is 0.239 e. The van der Waals surface area contributed by atoms with Crippen molar-refractivity contribution in [2.24, 2.45) is 0 Å². The van der Waals surface area contributed by atoms with Gasteiger partial charge in [-0.15, -0.1) is 0 Å². The molecule has 0 radical (unpaired) electrons. The zero-order valence-electron chi connectivity index (χ0n) is 20.4. The summed E-state index contributed by atoms with van der Waals surface area (Å²) < 4.78 is 0. The van der Waals surface area contributed by atoms with Gasteiger partial charge in [0.2, 0.25) is 17.7 Å². The van der Waals surface area contributed by atoms with Crippen molar-refractivity contribution in [1.82, 2.24) is 20.4 Å². The molecule has 2 aromatic rings. The van der Waals surface area contributed by atoms with E-state index >= 15 is 0 Å². The Morgan fingerprint density at radius 3 is 2.37 bits per heavy atom. The van der Waals surface area contributed by atoms with Crippen LogP contribution in [-0.4, -0.2) is 66.8 Å². The van der Waals surface area contributed by atoms with E-state index in [1.165, 1.54) is 16.7 Å². The minimum absolute atomic E-state index is 0.0388. The van der Waals surface area contributed by atoms with Crippen LogP contribution >= 0.6 is 0 Å². The lowest BCUT2D eigenvalue weighted by molar-refractivity contribution is -0.137. The molecule has 3 amide bonds. The van der Waals surface area contributed by atoms with Crippen molar-refractivity contribution in [2.45, 2.75) is 44.6 Å². The Labute approximate surface area is 207 Å². The first-order chi connectivity index (χ1) is 17.1. The first kappa shape index (κ1) is 24.9.